The second kappa shape index (κ2) is 8.43. The van der Waals surface area contributed by atoms with Gasteiger partial charge in [0.2, 0.25) is 5.91 Å². The quantitative estimate of drug-likeness (QED) is 0.613. The van der Waals surface area contributed by atoms with E-state index in [0.29, 0.717) is 17.9 Å². The number of hydrogen-bond donors (Lipinski definition) is 1. The molecule has 0 aliphatic rings. The molecule has 1 aromatic carbocycles. The number of amides is 1. The summed E-state index contributed by atoms with van der Waals surface area (Å²) in [5.74, 6) is -0.690. The second-order valence-corrected chi connectivity index (χ2v) is 4.99. The maximum absolute atomic E-state index is 11.9. The lowest BCUT2D eigenvalue weighted by Crippen LogP contribution is -2.19. The maximum Gasteiger partial charge on any atom is 0.338 e. The molecule has 2 aromatic rings. The molecule has 0 radical (unpaired) electrons. The third-order valence-electron chi connectivity index (χ3n) is 3.08. The summed E-state index contributed by atoms with van der Waals surface area (Å²) in [6, 6.07) is 8.21. The van der Waals surface area contributed by atoms with Gasteiger partial charge in [0.25, 0.3) is 5.82 Å². The van der Waals surface area contributed by atoms with Crippen molar-refractivity contribution in [2.75, 3.05) is 11.9 Å². The Labute approximate surface area is 139 Å². The molecule has 8 nitrogen and oxygen atoms in total. The summed E-state index contributed by atoms with van der Waals surface area (Å²) in [7, 11) is 0. The molecule has 0 bridgehead atoms. The largest absolute Gasteiger partial charge is 0.462 e. The summed E-state index contributed by atoms with van der Waals surface area (Å²) in [6.45, 7) is 2.36. The number of aromatic nitrogens is 3. The number of hydrogen-bond acceptors (Lipinski definition) is 6. The summed E-state index contributed by atoms with van der Waals surface area (Å²) >= 11 is 0. The van der Waals surface area contributed by atoms with Crippen LogP contribution < -0.4 is 5.32 Å². The highest BCUT2D eigenvalue weighted by molar-refractivity contribution is 5.92. The molecule has 1 aromatic heterocycles. The molecule has 2 rings (SSSR count). The van der Waals surface area contributed by atoms with Crippen LogP contribution in [0.4, 0.5) is 5.69 Å². The zero-order valence-electron chi connectivity index (χ0n) is 13.2. The summed E-state index contributed by atoms with van der Waals surface area (Å²) in [6.07, 6.45) is 3.10. The van der Waals surface area contributed by atoms with Gasteiger partial charge < -0.3 is 10.1 Å². The first-order valence-corrected chi connectivity index (χ1v) is 7.49. The van der Waals surface area contributed by atoms with Crippen molar-refractivity contribution in [3.05, 3.63) is 42.0 Å². The van der Waals surface area contributed by atoms with Gasteiger partial charge in [-0.1, -0.05) is 13.3 Å². The van der Waals surface area contributed by atoms with Gasteiger partial charge >= 0.3 is 5.97 Å². The lowest BCUT2D eigenvalue weighted by atomic mass is 10.2. The number of nitrogens with one attached hydrogen (secondary N) is 1. The molecular weight excluding hydrogens is 310 g/mol. The summed E-state index contributed by atoms with van der Waals surface area (Å²) in [5, 5.41) is 15.1. The molecule has 124 valence electrons. The van der Waals surface area contributed by atoms with Crippen molar-refractivity contribution in [1.29, 1.82) is 5.26 Å². The van der Waals surface area contributed by atoms with Crippen molar-refractivity contribution in [1.82, 2.24) is 14.8 Å². The van der Waals surface area contributed by atoms with E-state index in [2.05, 4.69) is 15.4 Å². The number of carbonyl (C=O) groups is 2. The number of unbranched alkanes of at least 4 members (excludes halogenated alkanes) is 1. The lowest BCUT2D eigenvalue weighted by molar-refractivity contribution is -0.116. The molecule has 8 heteroatoms. The smallest absolute Gasteiger partial charge is 0.338 e. The summed E-state index contributed by atoms with van der Waals surface area (Å²) in [4.78, 5) is 27.4. The van der Waals surface area contributed by atoms with Gasteiger partial charge in [-0.2, -0.15) is 5.26 Å². The molecule has 24 heavy (non-hydrogen) atoms. The Hall–Kier alpha value is -3.21. The highest BCUT2D eigenvalue weighted by atomic mass is 16.5. The number of carbonyl (C=O) groups excluding carboxylic acids is 2. The first-order chi connectivity index (χ1) is 11.6. The van der Waals surface area contributed by atoms with Gasteiger partial charge in [0, 0.05) is 5.69 Å². The molecular formula is C16H17N5O3. The molecule has 0 atom stereocenters. The van der Waals surface area contributed by atoms with Crippen LogP contribution in [0, 0.1) is 11.3 Å². The van der Waals surface area contributed by atoms with Crippen LogP contribution in [0.3, 0.4) is 0 Å². The van der Waals surface area contributed by atoms with Crippen LogP contribution in [0.15, 0.2) is 30.6 Å². The number of anilines is 1. The summed E-state index contributed by atoms with van der Waals surface area (Å²) < 4.78 is 6.38. The predicted molar refractivity (Wildman–Crippen MR) is 85.0 cm³/mol. The third kappa shape index (κ3) is 4.91. The molecule has 0 fully saturated rings. The van der Waals surface area contributed by atoms with E-state index < -0.39 is 0 Å². The SMILES string of the molecule is CCCCOC(=O)c1ccc(NC(=O)Cn2cnc(C#N)n2)cc1. The van der Waals surface area contributed by atoms with Crippen molar-refractivity contribution in [2.24, 2.45) is 0 Å². The molecule has 0 saturated heterocycles. The fourth-order valence-electron chi connectivity index (χ4n) is 1.85. The molecule has 0 saturated carbocycles. The van der Waals surface area contributed by atoms with Crippen LogP contribution in [0.25, 0.3) is 0 Å². The van der Waals surface area contributed by atoms with Gasteiger partial charge in [0.05, 0.1) is 12.2 Å². The van der Waals surface area contributed by atoms with Gasteiger partial charge in [-0.25, -0.2) is 14.5 Å². The normalized spacial score (nSPS) is 10.0. The second-order valence-electron chi connectivity index (χ2n) is 4.99. The minimum Gasteiger partial charge on any atom is -0.462 e. The highest BCUT2D eigenvalue weighted by Crippen LogP contribution is 2.11. The van der Waals surface area contributed by atoms with E-state index in [1.165, 1.54) is 11.0 Å². The molecule has 0 spiro atoms. The number of nitriles is 1. The van der Waals surface area contributed by atoms with Crippen LogP contribution in [-0.2, 0) is 16.1 Å². The van der Waals surface area contributed by atoms with Crippen molar-refractivity contribution in [3.8, 4) is 6.07 Å². The number of ether oxygens (including phenoxy) is 1. The average molecular weight is 327 g/mol. The Morgan fingerprint density at radius 2 is 2.08 bits per heavy atom. The fourth-order valence-corrected chi connectivity index (χ4v) is 1.85. The summed E-state index contributed by atoms with van der Waals surface area (Å²) in [5.41, 5.74) is 0.977. The van der Waals surface area contributed by atoms with E-state index in [1.54, 1.807) is 30.3 Å². The number of benzene rings is 1. The van der Waals surface area contributed by atoms with E-state index in [-0.39, 0.29) is 24.2 Å². The van der Waals surface area contributed by atoms with Crippen molar-refractivity contribution in [2.45, 2.75) is 26.3 Å². The van der Waals surface area contributed by atoms with E-state index >= 15 is 0 Å². The minimum absolute atomic E-state index is 0.00809. The van der Waals surface area contributed by atoms with Crippen LogP contribution in [-0.4, -0.2) is 33.2 Å². The lowest BCUT2D eigenvalue weighted by Gasteiger charge is -2.07. The van der Waals surface area contributed by atoms with Crippen molar-refractivity contribution >= 4 is 17.6 Å². The molecule has 1 heterocycles. The fraction of sp³-hybridized carbons (Fsp3) is 0.312. The monoisotopic (exact) mass is 327 g/mol. The van der Waals surface area contributed by atoms with Crippen LogP contribution in [0.1, 0.15) is 35.9 Å². The Morgan fingerprint density at radius 1 is 1.33 bits per heavy atom. The molecule has 1 N–H and O–H groups in total. The first-order valence-electron chi connectivity index (χ1n) is 7.49. The molecule has 0 unspecified atom stereocenters. The van der Waals surface area contributed by atoms with Crippen LogP contribution in [0.5, 0.6) is 0 Å². The zero-order chi connectivity index (χ0) is 17.4. The minimum atomic E-state index is -0.382. The van der Waals surface area contributed by atoms with Crippen LogP contribution in [0.2, 0.25) is 0 Å². The van der Waals surface area contributed by atoms with E-state index in [4.69, 9.17) is 10.00 Å². The van der Waals surface area contributed by atoms with Crippen molar-refractivity contribution < 1.29 is 14.3 Å². The van der Waals surface area contributed by atoms with Gasteiger partial charge in [0.1, 0.15) is 18.9 Å². The first kappa shape index (κ1) is 17.1. The van der Waals surface area contributed by atoms with E-state index in [0.717, 1.165) is 12.8 Å². The van der Waals surface area contributed by atoms with Gasteiger partial charge in [-0.15, -0.1) is 5.10 Å². The topological polar surface area (TPSA) is 110 Å². The molecule has 0 aliphatic carbocycles. The van der Waals surface area contributed by atoms with E-state index in [1.807, 2.05) is 6.92 Å². The van der Waals surface area contributed by atoms with Gasteiger partial charge in [-0.05, 0) is 30.7 Å². The number of rotatable bonds is 7. The zero-order valence-corrected chi connectivity index (χ0v) is 13.2. The molecule has 0 aliphatic heterocycles. The van der Waals surface area contributed by atoms with Gasteiger partial charge in [0.15, 0.2) is 0 Å². The van der Waals surface area contributed by atoms with Crippen molar-refractivity contribution in [3.63, 3.8) is 0 Å². The number of esters is 1. The molecule has 1 amide bonds. The van der Waals surface area contributed by atoms with E-state index in [9.17, 15) is 9.59 Å². The Kier molecular flexibility index (Phi) is 6.02. The Bertz CT molecular complexity index is 746. The average Bonchev–Trinajstić information content (AvgIpc) is 3.03. The Morgan fingerprint density at radius 3 is 2.71 bits per heavy atom. The Balaban J connectivity index is 1.87. The highest BCUT2D eigenvalue weighted by Gasteiger charge is 2.09. The van der Waals surface area contributed by atoms with Crippen LogP contribution >= 0.6 is 0 Å². The predicted octanol–water partition coefficient (Wildman–Crippen LogP) is 1.75. The maximum atomic E-state index is 11.9. The third-order valence-corrected chi connectivity index (χ3v) is 3.08. The number of nitrogens with zero attached hydrogens (tertiary/aromatic N) is 4. The standard InChI is InChI=1S/C16H17N5O3/c1-2-3-8-24-16(23)12-4-6-13(7-5-12)19-15(22)10-21-11-18-14(9-17)20-21/h4-7,11H,2-3,8,10H2,1H3,(H,19,22). The van der Waals surface area contributed by atoms with Gasteiger partial charge in [-0.3, -0.25) is 4.79 Å².